The van der Waals surface area contributed by atoms with Crippen molar-refractivity contribution in [1.29, 1.82) is 0 Å². The molecular weight excluding hydrogens is 186 g/mol. The van der Waals surface area contributed by atoms with Gasteiger partial charge in [-0.05, 0) is 12.5 Å². The van der Waals surface area contributed by atoms with Crippen LogP contribution in [0.1, 0.15) is 19.0 Å². The molecule has 0 bridgehead atoms. The van der Waals surface area contributed by atoms with Gasteiger partial charge in [-0.2, -0.15) is 0 Å². The summed E-state index contributed by atoms with van der Waals surface area (Å²) in [6.07, 6.45) is 1.76. The zero-order valence-corrected chi connectivity index (χ0v) is 8.71. The Bertz CT molecular complexity index is 265. The van der Waals surface area contributed by atoms with Crippen molar-refractivity contribution in [2.75, 3.05) is 7.11 Å². The largest absolute Gasteiger partial charge is 0.481 e. The van der Waals surface area contributed by atoms with Gasteiger partial charge < -0.3 is 4.74 Å². The second-order valence-electron chi connectivity index (χ2n) is 2.88. The highest BCUT2D eigenvalue weighted by atomic mass is 35.5. The smallest absolute Gasteiger partial charge is 0.213 e. The molecule has 0 aliphatic carbocycles. The normalized spacial score (nSPS) is 12.5. The average molecular weight is 200 g/mol. The molecule has 0 saturated heterocycles. The first-order chi connectivity index (χ1) is 6.26. The molecule has 0 N–H and O–H groups in total. The van der Waals surface area contributed by atoms with Crippen molar-refractivity contribution in [3.05, 3.63) is 23.9 Å². The molecule has 1 atom stereocenters. The van der Waals surface area contributed by atoms with Crippen molar-refractivity contribution in [3.8, 4) is 5.88 Å². The molecule has 2 nitrogen and oxygen atoms in total. The Kier molecular flexibility index (Phi) is 4.03. The Balaban J connectivity index is 2.66. The maximum atomic E-state index is 6.01. The van der Waals surface area contributed by atoms with E-state index in [0.29, 0.717) is 5.88 Å². The number of halogens is 1. The number of alkyl halides is 1. The van der Waals surface area contributed by atoms with Gasteiger partial charge in [-0.15, -0.1) is 11.6 Å². The summed E-state index contributed by atoms with van der Waals surface area (Å²) in [5.74, 6) is 0.650. The summed E-state index contributed by atoms with van der Waals surface area (Å²) in [5.41, 5.74) is 0.987. The van der Waals surface area contributed by atoms with E-state index in [0.717, 1.165) is 18.5 Å². The Morgan fingerprint density at radius 3 is 2.92 bits per heavy atom. The summed E-state index contributed by atoms with van der Waals surface area (Å²) in [7, 11) is 1.62. The topological polar surface area (TPSA) is 22.1 Å². The number of pyridine rings is 1. The molecule has 0 aliphatic heterocycles. The fraction of sp³-hybridized carbons (Fsp3) is 0.500. The summed E-state index contributed by atoms with van der Waals surface area (Å²) in [5, 5.41) is 0.166. The van der Waals surface area contributed by atoms with Crippen LogP contribution in [0.3, 0.4) is 0 Å². The molecular formula is C10H14ClNO. The third-order valence-corrected chi connectivity index (χ3v) is 2.33. The number of hydrogen-bond acceptors (Lipinski definition) is 2. The molecule has 1 aromatic rings. The minimum atomic E-state index is 0.166. The fourth-order valence-corrected chi connectivity index (χ4v) is 1.21. The van der Waals surface area contributed by atoms with Crippen LogP contribution in [-0.4, -0.2) is 17.5 Å². The van der Waals surface area contributed by atoms with Crippen molar-refractivity contribution >= 4 is 11.6 Å². The average Bonchev–Trinajstić information content (AvgIpc) is 2.18. The van der Waals surface area contributed by atoms with Gasteiger partial charge in [0.1, 0.15) is 0 Å². The molecule has 1 aromatic heterocycles. The van der Waals surface area contributed by atoms with Crippen LogP contribution in [0.2, 0.25) is 0 Å². The lowest BCUT2D eigenvalue weighted by atomic mass is 10.2. The molecule has 0 aromatic carbocycles. The molecule has 1 rings (SSSR count). The summed E-state index contributed by atoms with van der Waals surface area (Å²) < 4.78 is 5.02. The molecule has 1 unspecified atom stereocenters. The lowest BCUT2D eigenvalue weighted by Crippen LogP contribution is -2.03. The van der Waals surface area contributed by atoms with Crippen LogP contribution in [0.4, 0.5) is 0 Å². The SMILES string of the molecule is CCC(Cl)Cc1cccc(OC)n1. The van der Waals surface area contributed by atoms with Crippen molar-refractivity contribution in [3.63, 3.8) is 0 Å². The summed E-state index contributed by atoms with van der Waals surface area (Å²) in [6, 6.07) is 5.73. The first-order valence-corrected chi connectivity index (χ1v) is 4.84. The number of aromatic nitrogens is 1. The van der Waals surface area contributed by atoms with Crippen LogP contribution < -0.4 is 4.74 Å². The third kappa shape index (κ3) is 3.23. The van der Waals surface area contributed by atoms with Gasteiger partial charge in [-0.3, -0.25) is 0 Å². The highest BCUT2D eigenvalue weighted by Gasteiger charge is 2.04. The molecule has 72 valence electrons. The van der Waals surface area contributed by atoms with E-state index in [1.54, 1.807) is 7.11 Å². The lowest BCUT2D eigenvalue weighted by molar-refractivity contribution is 0.396. The van der Waals surface area contributed by atoms with E-state index in [-0.39, 0.29) is 5.38 Å². The van der Waals surface area contributed by atoms with Crippen LogP contribution in [0.25, 0.3) is 0 Å². The van der Waals surface area contributed by atoms with Gasteiger partial charge in [0.2, 0.25) is 5.88 Å². The molecule has 3 heteroatoms. The van der Waals surface area contributed by atoms with Crippen LogP contribution in [-0.2, 0) is 6.42 Å². The number of hydrogen-bond donors (Lipinski definition) is 0. The van der Waals surface area contributed by atoms with Crippen molar-refractivity contribution in [1.82, 2.24) is 4.98 Å². The molecule has 0 fully saturated rings. The molecule has 0 spiro atoms. The minimum absolute atomic E-state index is 0.166. The van der Waals surface area contributed by atoms with Crippen LogP contribution in [0, 0.1) is 0 Å². The highest BCUT2D eigenvalue weighted by Crippen LogP contribution is 2.12. The van der Waals surface area contributed by atoms with Crippen molar-refractivity contribution in [2.24, 2.45) is 0 Å². The van der Waals surface area contributed by atoms with Gasteiger partial charge >= 0.3 is 0 Å². The molecule has 0 saturated carbocycles. The van der Waals surface area contributed by atoms with Crippen LogP contribution in [0.5, 0.6) is 5.88 Å². The molecule has 13 heavy (non-hydrogen) atoms. The summed E-state index contributed by atoms with van der Waals surface area (Å²) in [4.78, 5) is 4.27. The van der Waals surface area contributed by atoms with Gasteiger partial charge in [0.05, 0.1) is 7.11 Å². The van der Waals surface area contributed by atoms with Gasteiger partial charge in [0.15, 0.2) is 0 Å². The van der Waals surface area contributed by atoms with E-state index >= 15 is 0 Å². The monoisotopic (exact) mass is 199 g/mol. The second-order valence-corrected chi connectivity index (χ2v) is 3.50. The van der Waals surface area contributed by atoms with Gasteiger partial charge in [-0.1, -0.05) is 13.0 Å². The van der Waals surface area contributed by atoms with Gasteiger partial charge in [0, 0.05) is 23.6 Å². The molecule has 0 aliphatic rings. The Hall–Kier alpha value is -0.760. The summed E-state index contributed by atoms with van der Waals surface area (Å²) >= 11 is 6.01. The standard InChI is InChI=1S/C10H14ClNO/c1-3-8(11)7-9-5-4-6-10(12-9)13-2/h4-6,8H,3,7H2,1-2H3. The number of ether oxygens (including phenoxy) is 1. The maximum Gasteiger partial charge on any atom is 0.213 e. The Morgan fingerprint density at radius 1 is 1.54 bits per heavy atom. The van der Waals surface area contributed by atoms with E-state index < -0.39 is 0 Å². The number of methoxy groups -OCH3 is 1. The Labute approximate surface area is 83.9 Å². The van der Waals surface area contributed by atoms with E-state index in [1.165, 1.54) is 0 Å². The van der Waals surface area contributed by atoms with E-state index in [1.807, 2.05) is 18.2 Å². The summed E-state index contributed by atoms with van der Waals surface area (Å²) in [6.45, 7) is 2.07. The molecule has 1 heterocycles. The zero-order chi connectivity index (χ0) is 9.68. The van der Waals surface area contributed by atoms with E-state index in [2.05, 4.69) is 11.9 Å². The van der Waals surface area contributed by atoms with Crippen LogP contribution >= 0.6 is 11.6 Å². The number of nitrogens with zero attached hydrogens (tertiary/aromatic N) is 1. The predicted octanol–water partition coefficient (Wildman–Crippen LogP) is 2.65. The first-order valence-electron chi connectivity index (χ1n) is 4.40. The zero-order valence-electron chi connectivity index (χ0n) is 7.96. The lowest BCUT2D eigenvalue weighted by Gasteiger charge is -2.06. The van der Waals surface area contributed by atoms with Gasteiger partial charge in [0.25, 0.3) is 0 Å². The molecule has 0 radical (unpaired) electrons. The fourth-order valence-electron chi connectivity index (χ4n) is 1.06. The van der Waals surface area contributed by atoms with E-state index in [4.69, 9.17) is 16.3 Å². The molecule has 0 amide bonds. The maximum absolute atomic E-state index is 6.01. The third-order valence-electron chi connectivity index (χ3n) is 1.86. The quantitative estimate of drug-likeness (QED) is 0.696. The Morgan fingerprint density at radius 2 is 2.31 bits per heavy atom. The van der Waals surface area contributed by atoms with Crippen molar-refractivity contribution < 1.29 is 4.74 Å². The van der Waals surface area contributed by atoms with Crippen LogP contribution in [0.15, 0.2) is 18.2 Å². The first kappa shape index (κ1) is 10.3. The van der Waals surface area contributed by atoms with Gasteiger partial charge in [-0.25, -0.2) is 4.98 Å². The van der Waals surface area contributed by atoms with Crippen molar-refractivity contribution in [2.45, 2.75) is 25.1 Å². The predicted molar refractivity (Wildman–Crippen MR) is 54.4 cm³/mol. The number of rotatable bonds is 4. The minimum Gasteiger partial charge on any atom is -0.481 e. The highest BCUT2D eigenvalue weighted by molar-refractivity contribution is 6.20. The van der Waals surface area contributed by atoms with E-state index in [9.17, 15) is 0 Å². The second kappa shape index (κ2) is 5.07.